The molecule has 0 bridgehead atoms. The fourth-order valence-electron chi connectivity index (χ4n) is 2.06. The van der Waals surface area contributed by atoms with E-state index in [4.69, 9.17) is 16.3 Å². The zero-order chi connectivity index (χ0) is 17.5. The number of nitrogens with one attached hydrogen (secondary N) is 1. The largest absolute Gasteiger partial charge is 0.484 e. The number of halogens is 1. The lowest BCUT2D eigenvalue weighted by Crippen LogP contribution is -2.25. The number of hydrogen-bond donors (Lipinski definition) is 1. The van der Waals surface area contributed by atoms with Crippen molar-refractivity contribution in [3.63, 3.8) is 0 Å². The molecule has 0 aromatic heterocycles. The minimum atomic E-state index is -0.326. The molecule has 2 aromatic rings. The maximum Gasteiger partial charge on any atom is 0.277 e. The van der Waals surface area contributed by atoms with E-state index in [1.54, 1.807) is 24.3 Å². The molecule has 0 atom stereocenters. The van der Waals surface area contributed by atoms with Gasteiger partial charge in [0.2, 0.25) is 0 Å². The molecule has 0 aliphatic rings. The Morgan fingerprint density at radius 3 is 2.54 bits per heavy atom. The van der Waals surface area contributed by atoms with E-state index in [0.717, 1.165) is 11.3 Å². The number of rotatable bonds is 6. The summed E-state index contributed by atoms with van der Waals surface area (Å²) < 4.78 is 5.36. The highest BCUT2D eigenvalue weighted by atomic mass is 35.5. The van der Waals surface area contributed by atoms with Gasteiger partial charge in [0.05, 0.1) is 5.71 Å². The van der Waals surface area contributed by atoms with Crippen molar-refractivity contribution < 1.29 is 9.53 Å². The molecule has 0 saturated carbocycles. The van der Waals surface area contributed by atoms with Crippen LogP contribution in [0, 0.1) is 0 Å². The first kappa shape index (κ1) is 18.0. The van der Waals surface area contributed by atoms with Gasteiger partial charge in [-0.15, -0.1) is 0 Å². The lowest BCUT2D eigenvalue weighted by atomic mass is 10.0. The van der Waals surface area contributed by atoms with Crippen LogP contribution in [0.15, 0.2) is 53.6 Å². The van der Waals surface area contributed by atoms with Gasteiger partial charge in [-0.25, -0.2) is 5.43 Å². The molecule has 0 spiro atoms. The zero-order valence-electron chi connectivity index (χ0n) is 14.0. The van der Waals surface area contributed by atoms with E-state index in [1.165, 1.54) is 5.56 Å². The summed E-state index contributed by atoms with van der Waals surface area (Å²) in [4.78, 5) is 11.8. The molecule has 2 rings (SSSR count). The summed E-state index contributed by atoms with van der Waals surface area (Å²) in [6, 6.07) is 15.0. The van der Waals surface area contributed by atoms with Gasteiger partial charge in [-0.05, 0) is 42.2 Å². The van der Waals surface area contributed by atoms with Crippen molar-refractivity contribution in [2.75, 3.05) is 6.61 Å². The Hall–Kier alpha value is -2.33. The molecule has 0 fully saturated rings. The van der Waals surface area contributed by atoms with Crippen LogP contribution in [-0.4, -0.2) is 18.2 Å². The van der Waals surface area contributed by atoms with Crippen LogP contribution < -0.4 is 10.2 Å². The van der Waals surface area contributed by atoms with Gasteiger partial charge in [-0.2, -0.15) is 5.10 Å². The standard InChI is InChI=1S/C19H21ClN2O2/c1-13(2)15-7-9-16(10-8-15)14(3)21-22-19(23)12-24-18-6-4-5-17(20)11-18/h4-11,13H,12H2,1-3H3,(H,22,23)/b21-14+. The normalized spacial score (nSPS) is 11.5. The molecule has 126 valence electrons. The Morgan fingerprint density at radius 2 is 1.92 bits per heavy atom. The summed E-state index contributed by atoms with van der Waals surface area (Å²) >= 11 is 5.86. The molecule has 0 saturated heterocycles. The zero-order valence-corrected chi connectivity index (χ0v) is 14.8. The minimum absolute atomic E-state index is 0.122. The SMILES string of the molecule is C/C(=N\NC(=O)COc1cccc(Cl)c1)c1ccc(C(C)C)cc1. The third kappa shape index (κ3) is 5.39. The van der Waals surface area contributed by atoms with Gasteiger partial charge in [0.15, 0.2) is 6.61 Å². The first-order chi connectivity index (χ1) is 11.5. The van der Waals surface area contributed by atoms with E-state index in [0.29, 0.717) is 16.7 Å². The van der Waals surface area contributed by atoms with Crippen LogP contribution in [-0.2, 0) is 4.79 Å². The van der Waals surface area contributed by atoms with Crippen molar-refractivity contribution in [3.05, 3.63) is 64.7 Å². The molecule has 24 heavy (non-hydrogen) atoms. The summed E-state index contributed by atoms with van der Waals surface area (Å²) in [5, 5.41) is 4.67. The molecular formula is C19H21ClN2O2. The number of ether oxygens (including phenoxy) is 1. The van der Waals surface area contributed by atoms with Crippen molar-refractivity contribution in [1.82, 2.24) is 5.43 Å². The van der Waals surface area contributed by atoms with E-state index in [2.05, 4.69) is 36.5 Å². The van der Waals surface area contributed by atoms with E-state index < -0.39 is 0 Å². The Morgan fingerprint density at radius 1 is 1.21 bits per heavy atom. The molecule has 0 unspecified atom stereocenters. The molecule has 1 amide bonds. The maximum absolute atomic E-state index is 11.8. The molecular weight excluding hydrogens is 324 g/mol. The van der Waals surface area contributed by atoms with Gasteiger partial charge in [0, 0.05) is 5.02 Å². The third-order valence-corrected chi connectivity index (χ3v) is 3.74. The number of hydrazone groups is 1. The topological polar surface area (TPSA) is 50.7 Å². The number of benzene rings is 2. The van der Waals surface area contributed by atoms with Gasteiger partial charge in [-0.1, -0.05) is 55.8 Å². The van der Waals surface area contributed by atoms with E-state index in [-0.39, 0.29) is 12.5 Å². The molecule has 4 nitrogen and oxygen atoms in total. The predicted octanol–water partition coefficient (Wildman–Crippen LogP) is 4.38. The lowest BCUT2D eigenvalue weighted by molar-refractivity contribution is -0.123. The molecule has 0 radical (unpaired) electrons. The Kier molecular flexibility index (Phi) is 6.38. The molecule has 0 aliphatic carbocycles. The average Bonchev–Trinajstić information content (AvgIpc) is 2.58. The second-order valence-corrected chi connectivity index (χ2v) is 6.19. The average molecular weight is 345 g/mol. The fourth-order valence-corrected chi connectivity index (χ4v) is 2.24. The van der Waals surface area contributed by atoms with Gasteiger partial charge in [0.1, 0.15) is 5.75 Å². The number of carbonyl (C=O) groups is 1. The highest BCUT2D eigenvalue weighted by Gasteiger charge is 2.04. The van der Waals surface area contributed by atoms with Crippen LogP contribution in [0.4, 0.5) is 0 Å². The summed E-state index contributed by atoms with van der Waals surface area (Å²) in [7, 11) is 0. The van der Waals surface area contributed by atoms with Gasteiger partial charge in [-0.3, -0.25) is 4.79 Å². The molecule has 1 N–H and O–H groups in total. The van der Waals surface area contributed by atoms with Crippen LogP contribution in [0.3, 0.4) is 0 Å². The number of amides is 1. The summed E-state index contributed by atoms with van der Waals surface area (Å²) in [6.45, 7) is 6.03. The highest BCUT2D eigenvalue weighted by Crippen LogP contribution is 2.17. The predicted molar refractivity (Wildman–Crippen MR) is 97.8 cm³/mol. The van der Waals surface area contributed by atoms with Crippen molar-refractivity contribution >= 4 is 23.2 Å². The van der Waals surface area contributed by atoms with Crippen molar-refractivity contribution in [2.45, 2.75) is 26.7 Å². The highest BCUT2D eigenvalue weighted by molar-refractivity contribution is 6.30. The smallest absolute Gasteiger partial charge is 0.277 e. The van der Waals surface area contributed by atoms with Gasteiger partial charge < -0.3 is 4.74 Å². The van der Waals surface area contributed by atoms with E-state index >= 15 is 0 Å². The Balaban J connectivity index is 1.88. The van der Waals surface area contributed by atoms with Crippen LogP contribution in [0.1, 0.15) is 37.8 Å². The molecule has 2 aromatic carbocycles. The number of carbonyl (C=O) groups excluding carboxylic acids is 1. The molecule has 5 heteroatoms. The van der Waals surface area contributed by atoms with Crippen LogP contribution >= 0.6 is 11.6 Å². The molecule has 0 aliphatic heterocycles. The van der Waals surface area contributed by atoms with Crippen molar-refractivity contribution in [3.8, 4) is 5.75 Å². The monoisotopic (exact) mass is 344 g/mol. The first-order valence-electron chi connectivity index (χ1n) is 7.77. The van der Waals surface area contributed by atoms with E-state index in [1.807, 2.05) is 19.1 Å². The Labute approximate surface area is 147 Å². The minimum Gasteiger partial charge on any atom is -0.484 e. The van der Waals surface area contributed by atoms with Gasteiger partial charge >= 0.3 is 0 Å². The maximum atomic E-state index is 11.8. The first-order valence-corrected chi connectivity index (χ1v) is 8.15. The van der Waals surface area contributed by atoms with Crippen LogP contribution in [0.5, 0.6) is 5.75 Å². The summed E-state index contributed by atoms with van der Waals surface area (Å²) in [5.41, 5.74) is 5.47. The Bertz CT molecular complexity index is 724. The lowest BCUT2D eigenvalue weighted by Gasteiger charge is -2.08. The molecule has 0 heterocycles. The quantitative estimate of drug-likeness (QED) is 0.624. The fraction of sp³-hybridized carbons (Fsp3) is 0.263. The third-order valence-electron chi connectivity index (χ3n) is 3.51. The number of hydrogen-bond acceptors (Lipinski definition) is 3. The van der Waals surface area contributed by atoms with Gasteiger partial charge in [0.25, 0.3) is 5.91 Å². The second-order valence-electron chi connectivity index (χ2n) is 5.75. The summed E-state index contributed by atoms with van der Waals surface area (Å²) in [5.74, 6) is 0.704. The van der Waals surface area contributed by atoms with Crippen LogP contribution in [0.25, 0.3) is 0 Å². The second kappa shape index (κ2) is 8.50. The number of nitrogens with zero attached hydrogens (tertiary/aromatic N) is 1. The van der Waals surface area contributed by atoms with Crippen molar-refractivity contribution in [1.29, 1.82) is 0 Å². The summed E-state index contributed by atoms with van der Waals surface area (Å²) in [6.07, 6.45) is 0. The van der Waals surface area contributed by atoms with Crippen LogP contribution in [0.2, 0.25) is 5.02 Å². The van der Waals surface area contributed by atoms with Crippen molar-refractivity contribution in [2.24, 2.45) is 5.10 Å². The van der Waals surface area contributed by atoms with E-state index in [9.17, 15) is 4.79 Å².